The number of amides is 1. The van der Waals surface area contributed by atoms with E-state index in [-0.39, 0.29) is 5.91 Å². The first-order chi connectivity index (χ1) is 12.1. The van der Waals surface area contributed by atoms with Crippen LogP contribution in [0.25, 0.3) is 11.4 Å². The largest absolute Gasteiger partial charge is 0.497 e. The van der Waals surface area contributed by atoms with Gasteiger partial charge in [-0.1, -0.05) is 5.16 Å². The lowest BCUT2D eigenvalue weighted by molar-refractivity contribution is -0.119. The second-order valence-electron chi connectivity index (χ2n) is 6.42. The van der Waals surface area contributed by atoms with Crippen molar-refractivity contribution in [1.29, 1.82) is 0 Å². The SMILES string of the molecule is COc1ccc(-c2noc(CN3CCC[C@H](CNC(C)=O)C3)n2)cc1. The maximum Gasteiger partial charge on any atom is 0.241 e. The molecule has 1 atom stereocenters. The van der Waals surface area contributed by atoms with Gasteiger partial charge in [0.1, 0.15) is 5.75 Å². The highest BCUT2D eigenvalue weighted by atomic mass is 16.5. The molecule has 1 aliphatic heterocycles. The summed E-state index contributed by atoms with van der Waals surface area (Å²) in [6.45, 7) is 4.86. The topological polar surface area (TPSA) is 80.5 Å². The van der Waals surface area contributed by atoms with Gasteiger partial charge in [-0.25, -0.2) is 0 Å². The molecule has 0 saturated carbocycles. The van der Waals surface area contributed by atoms with E-state index in [1.165, 1.54) is 0 Å². The van der Waals surface area contributed by atoms with Crippen LogP contribution < -0.4 is 10.1 Å². The number of nitrogens with zero attached hydrogens (tertiary/aromatic N) is 3. The summed E-state index contributed by atoms with van der Waals surface area (Å²) in [5.74, 6) is 2.50. The number of aromatic nitrogens is 2. The van der Waals surface area contributed by atoms with Gasteiger partial charge in [0.05, 0.1) is 13.7 Å². The lowest BCUT2D eigenvalue weighted by atomic mass is 9.98. The molecule has 1 amide bonds. The summed E-state index contributed by atoms with van der Waals surface area (Å²) in [7, 11) is 1.64. The zero-order chi connectivity index (χ0) is 17.6. The molecule has 2 heterocycles. The Hall–Kier alpha value is -2.41. The number of hydrogen-bond donors (Lipinski definition) is 1. The monoisotopic (exact) mass is 344 g/mol. The first-order valence-electron chi connectivity index (χ1n) is 8.58. The van der Waals surface area contributed by atoms with Gasteiger partial charge in [0.2, 0.25) is 17.6 Å². The van der Waals surface area contributed by atoms with Crippen LogP contribution in [0.3, 0.4) is 0 Å². The van der Waals surface area contributed by atoms with Gasteiger partial charge in [0.15, 0.2) is 0 Å². The van der Waals surface area contributed by atoms with Crippen molar-refractivity contribution in [3.63, 3.8) is 0 Å². The van der Waals surface area contributed by atoms with Crippen LogP contribution >= 0.6 is 0 Å². The van der Waals surface area contributed by atoms with E-state index in [0.29, 0.717) is 24.2 Å². The number of piperidine rings is 1. The number of carbonyl (C=O) groups is 1. The van der Waals surface area contributed by atoms with Crippen molar-refractivity contribution in [3.8, 4) is 17.1 Å². The van der Waals surface area contributed by atoms with E-state index in [9.17, 15) is 4.79 Å². The van der Waals surface area contributed by atoms with Crippen LogP contribution in [0, 0.1) is 5.92 Å². The predicted molar refractivity (Wildman–Crippen MR) is 93.0 cm³/mol. The van der Waals surface area contributed by atoms with Crippen molar-refractivity contribution in [2.75, 3.05) is 26.7 Å². The molecule has 1 N–H and O–H groups in total. The van der Waals surface area contributed by atoms with Gasteiger partial charge in [-0.3, -0.25) is 9.69 Å². The van der Waals surface area contributed by atoms with Gasteiger partial charge >= 0.3 is 0 Å². The molecule has 1 fully saturated rings. The van der Waals surface area contributed by atoms with Crippen LogP contribution in [0.5, 0.6) is 5.75 Å². The molecular formula is C18H24N4O3. The van der Waals surface area contributed by atoms with Gasteiger partial charge in [0.25, 0.3) is 0 Å². The van der Waals surface area contributed by atoms with E-state index >= 15 is 0 Å². The van der Waals surface area contributed by atoms with Crippen molar-refractivity contribution in [1.82, 2.24) is 20.4 Å². The maximum absolute atomic E-state index is 11.1. The fourth-order valence-corrected chi connectivity index (χ4v) is 3.12. The molecule has 3 rings (SSSR count). The van der Waals surface area contributed by atoms with Crippen LogP contribution in [0.15, 0.2) is 28.8 Å². The number of methoxy groups -OCH3 is 1. The summed E-state index contributed by atoms with van der Waals surface area (Å²) in [5, 5.41) is 6.98. The summed E-state index contributed by atoms with van der Waals surface area (Å²) < 4.78 is 10.6. The lowest BCUT2D eigenvalue weighted by Gasteiger charge is -2.31. The molecule has 0 aliphatic carbocycles. The third kappa shape index (κ3) is 4.79. The highest BCUT2D eigenvalue weighted by Crippen LogP contribution is 2.21. The number of rotatable bonds is 6. The number of benzene rings is 1. The predicted octanol–water partition coefficient (Wildman–Crippen LogP) is 2.09. The molecule has 1 aliphatic rings. The minimum absolute atomic E-state index is 0.0261. The second-order valence-corrected chi connectivity index (χ2v) is 6.42. The standard InChI is InChI=1S/C18H24N4O3/c1-13(23)19-10-14-4-3-9-22(11-14)12-17-20-18(21-25-17)15-5-7-16(24-2)8-6-15/h5-8,14H,3-4,9-12H2,1-2H3,(H,19,23)/t14-/m1/s1. The molecule has 2 aromatic rings. The zero-order valence-corrected chi connectivity index (χ0v) is 14.7. The van der Waals surface area contributed by atoms with Gasteiger partial charge in [0, 0.05) is 25.6 Å². The van der Waals surface area contributed by atoms with E-state index in [0.717, 1.165) is 43.8 Å². The third-order valence-corrected chi connectivity index (χ3v) is 4.42. The normalized spacial score (nSPS) is 18.1. The Bertz CT molecular complexity index is 699. The van der Waals surface area contributed by atoms with Gasteiger partial charge in [-0.15, -0.1) is 0 Å². The van der Waals surface area contributed by atoms with Crippen molar-refractivity contribution in [3.05, 3.63) is 30.2 Å². The van der Waals surface area contributed by atoms with Gasteiger partial charge < -0.3 is 14.6 Å². The Labute approximate surface area is 147 Å². The third-order valence-electron chi connectivity index (χ3n) is 4.42. The van der Waals surface area contributed by atoms with Crippen molar-refractivity contribution < 1.29 is 14.1 Å². The van der Waals surface area contributed by atoms with E-state index < -0.39 is 0 Å². The minimum Gasteiger partial charge on any atom is -0.497 e. The van der Waals surface area contributed by atoms with Crippen molar-refractivity contribution >= 4 is 5.91 Å². The van der Waals surface area contributed by atoms with Crippen LogP contribution in [-0.2, 0) is 11.3 Å². The van der Waals surface area contributed by atoms with E-state index in [1.54, 1.807) is 14.0 Å². The van der Waals surface area contributed by atoms with Crippen molar-refractivity contribution in [2.45, 2.75) is 26.3 Å². The Morgan fingerprint density at radius 1 is 1.40 bits per heavy atom. The van der Waals surface area contributed by atoms with Crippen LogP contribution in [0.4, 0.5) is 0 Å². The number of likely N-dealkylation sites (tertiary alicyclic amines) is 1. The van der Waals surface area contributed by atoms with Crippen LogP contribution in [0.2, 0.25) is 0 Å². The lowest BCUT2D eigenvalue weighted by Crippen LogP contribution is -2.40. The zero-order valence-electron chi connectivity index (χ0n) is 14.7. The molecule has 0 bridgehead atoms. The maximum atomic E-state index is 11.1. The molecule has 0 unspecified atom stereocenters. The molecule has 7 heteroatoms. The van der Waals surface area contributed by atoms with Crippen molar-refractivity contribution in [2.24, 2.45) is 5.92 Å². The Balaban J connectivity index is 1.57. The number of hydrogen-bond acceptors (Lipinski definition) is 6. The Kier molecular flexibility index (Phi) is 5.65. The smallest absolute Gasteiger partial charge is 0.241 e. The van der Waals surface area contributed by atoms with Crippen LogP contribution in [0.1, 0.15) is 25.7 Å². The van der Waals surface area contributed by atoms with E-state index in [1.807, 2.05) is 24.3 Å². The Morgan fingerprint density at radius 3 is 2.92 bits per heavy atom. The number of nitrogens with one attached hydrogen (secondary N) is 1. The number of ether oxygens (including phenoxy) is 1. The summed E-state index contributed by atoms with van der Waals surface area (Å²) in [5.41, 5.74) is 0.901. The second kappa shape index (κ2) is 8.11. The fraction of sp³-hybridized carbons (Fsp3) is 0.500. The molecule has 7 nitrogen and oxygen atoms in total. The summed E-state index contributed by atoms with van der Waals surface area (Å²) >= 11 is 0. The quantitative estimate of drug-likeness (QED) is 0.864. The molecule has 0 spiro atoms. The average molecular weight is 344 g/mol. The first-order valence-corrected chi connectivity index (χ1v) is 8.58. The van der Waals surface area contributed by atoms with Gasteiger partial charge in [-0.05, 0) is 49.6 Å². The summed E-state index contributed by atoms with van der Waals surface area (Å²) in [4.78, 5) is 17.9. The van der Waals surface area contributed by atoms with E-state index in [2.05, 4.69) is 20.4 Å². The summed E-state index contributed by atoms with van der Waals surface area (Å²) in [6.07, 6.45) is 2.25. The number of carbonyl (C=O) groups excluding carboxylic acids is 1. The minimum atomic E-state index is 0.0261. The molecule has 134 valence electrons. The highest BCUT2D eigenvalue weighted by molar-refractivity contribution is 5.72. The molecule has 1 aromatic heterocycles. The van der Waals surface area contributed by atoms with Gasteiger partial charge in [-0.2, -0.15) is 4.98 Å². The Morgan fingerprint density at radius 2 is 2.20 bits per heavy atom. The molecule has 0 radical (unpaired) electrons. The molecular weight excluding hydrogens is 320 g/mol. The first kappa shape index (κ1) is 17.4. The average Bonchev–Trinajstić information content (AvgIpc) is 3.09. The summed E-state index contributed by atoms with van der Waals surface area (Å²) in [6, 6.07) is 7.58. The molecule has 1 saturated heterocycles. The van der Waals surface area contributed by atoms with Crippen LogP contribution in [-0.4, -0.2) is 47.7 Å². The van der Waals surface area contributed by atoms with E-state index in [4.69, 9.17) is 9.26 Å². The molecule has 1 aromatic carbocycles. The highest BCUT2D eigenvalue weighted by Gasteiger charge is 2.22. The molecule has 25 heavy (non-hydrogen) atoms. The fourth-order valence-electron chi connectivity index (χ4n) is 3.12.